The summed E-state index contributed by atoms with van der Waals surface area (Å²) in [7, 11) is 0. The summed E-state index contributed by atoms with van der Waals surface area (Å²) in [5.74, 6) is 0. The molecule has 1 atom stereocenters. The molecule has 132 valence electrons. The Balaban J connectivity index is 3.01. The number of hydrogen-bond donors (Lipinski definition) is 0. The van der Waals surface area contributed by atoms with E-state index in [0.717, 1.165) is 0 Å². The van der Waals surface area contributed by atoms with Gasteiger partial charge in [-0.05, 0) is 19.8 Å². The summed E-state index contributed by atoms with van der Waals surface area (Å²) in [5.41, 5.74) is 0. The van der Waals surface area contributed by atoms with Gasteiger partial charge in [-0.25, -0.2) is 0 Å². The Bertz CT molecular complexity index is 212. The zero-order valence-corrected chi connectivity index (χ0v) is 15.6. The van der Waals surface area contributed by atoms with Crippen molar-refractivity contribution in [1.82, 2.24) is 0 Å². The van der Waals surface area contributed by atoms with Gasteiger partial charge in [-0.2, -0.15) is 0 Å². The first-order chi connectivity index (χ1) is 10.8. The van der Waals surface area contributed by atoms with Crippen molar-refractivity contribution in [3.05, 3.63) is 12.8 Å². The lowest BCUT2D eigenvalue weighted by molar-refractivity contribution is 0.150. The minimum atomic E-state index is 0.347. The second-order valence-electron chi connectivity index (χ2n) is 6.85. The summed E-state index contributed by atoms with van der Waals surface area (Å²) >= 11 is 0. The lowest BCUT2D eigenvalue weighted by Gasteiger charge is -2.10. The second kappa shape index (κ2) is 18.6. The third-order valence-electron chi connectivity index (χ3n) is 4.54. The van der Waals surface area contributed by atoms with E-state index in [1.54, 1.807) is 6.26 Å². The predicted octanol–water partition coefficient (Wildman–Crippen LogP) is 7.80. The maximum absolute atomic E-state index is 5.32. The minimum Gasteiger partial charge on any atom is -0.499 e. The molecule has 0 rings (SSSR count). The number of unbranched alkanes of at least 4 members (excludes halogenated alkanes) is 14. The summed E-state index contributed by atoms with van der Waals surface area (Å²) in [5, 5.41) is 0. The van der Waals surface area contributed by atoms with E-state index in [2.05, 4.69) is 20.4 Å². The zero-order chi connectivity index (χ0) is 16.3. The van der Waals surface area contributed by atoms with Gasteiger partial charge in [0.25, 0.3) is 0 Å². The Hall–Kier alpha value is -0.460. The van der Waals surface area contributed by atoms with Crippen LogP contribution in [0, 0.1) is 0 Å². The maximum Gasteiger partial charge on any atom is 0.0950 e. The molecule has 0 radical (unpaired) electrons. The molecule has 0 spiro atoms. The van der Waals surface area contributed by atoms with Gasteiger partial charge in [-0.3, -0.25) is 0 Å². The average Bonchev–Trinajstić information content (AvgIpc) is 2.51. The lowest BCUT2D eigenvalue weighted by Crippen LogP contribution is -2.02. The molecule has 1 unspecified atom stereocenters. The van der Waals surface area contributed by atoms with Crippen molar-refractivity contribution in [1.29, 1.82) is 0 Å². The molecule has 0 aromatic rings. The molecule has 0 aromatic carbocycles. The third-order valence-corrected chi connectivity index (χ3v) is 4.54. The van der Waals surface area contributed by atoms with Crippen molar-refractivity contribution < 1.29 is 4.74 Å². The monoisotopic (exact) mass is 310 g/mol. The van der Waals surface area contributed by atoms with Crippen LogP contribution in [0.3, 0.4) is 0 Å². The largest absolute Gasteiger partial charge is 0.499 e. The van der Waals surface area contributed by atoms with Gasteiger partial charge in [0, 0.05) is 0 Å². The first kappa shape index (κ1) is 21.5. The first-order valence-electron chi connectivity index (χ1n) is 10.1. The lowest BCUT2D eigenvalue weighted by atomic mass is 10.0. The fourth-order valence-electron chi connectivity index (χ4n) is 3.04. The molecule has 0 bridgehead atoms. The molecule has 0 N–H and O–H groups in total. The normalized spacial score (nSPS) is 12.3. The van der Waals surface area contributed by atoms with Crippen LogP contribution in [-0.2, 0) is 4.74 Å². The van der Waals surface area contributed by atoms with Crippen LogP contribution in [0.5, 0.6) is 0 Å². The molecule has 0 saturated heterocycles. The van der Waals surface area contributed by atoms with Gasteiger partial charge >= 0.3 is 0 Å². The van der Waals surface area contributed by atoms with Crippen LogP contribution in [-0.4, -0.2) is 6.10 Å². The molecular weight excluding hydrogens is 268 g/mol. The smallest absolute Gasteiger partial charge is 0.0950 e. The van der Waals surface area contributed by atoms with Crippen molar-refractivity contribution >= 4 is 0 Å². The van der Waals surface area contributed by atoms with Gasteiger partial charge in [-0.1, -0.05) is 103 Å². The van der Waals surface area contributed by atoms with E-state index in [1.165, 1.54) is 103 Å². The molecule has 0 saturated carbocycles. The molecule has 0 aliphatic rings. The number of ether oxygens (including phenoxy) is 1. The summed E-state index contributed by atoms with van der Waals surface area (Å²) in [6, 6.07) is 0. The summed E-state index contributed by atoms with van der Waals surface area (Å²) in [6.07, 6.45) is 24.5. The standard InChI is InChI=1S/C21H42O/c1-4-6-7-8-9-10-11-12-13-14-15-16-17-18-19-20-21(3)22-5-2/h5,21H,2,4,6-20H2,1,3H3. The highest BCUT2D eigenvalue weighted by atomic mass is 16.5. The van der Waals surface area contributed by atoms with E-state index in [1.807, 2.05) is 0 Å². The van der Waals surface area contributed by atoms with E-state index >= 15 is 0 Å². The quantitative estimate of drug-likeness (QED) is 0.185. The number of rotatable bonds is 18. The SMILES string of the molecule is C=COC(C)CCCCCCCCCCCCCCCCC. The molecule has 0 amide bonds. The molecule has 0 fully saturated rings. The summed E-state index contributed by atoms with van der Waals surface area (Å²) in [6.45, 7) is 8.02. The van der Waals surface area contributed by atoms with Crippen LogP contribution in [0.2, 0.25) is 0 Å². The van der Waals surface area contributed by atoms with Crippen LogP contribution >= 0.6 is 0 Å². The van der Waals surface area contributed by atoms with E-state index in [4.69, 9.17) is 4.74 Å². The zero-order valence-electron chi connectivity index (χ0n) is 15.6. The predicted molar refractivity (Wildman–Crippen MR) is 100 cm³/mol. The van der Waals surface area contributed by atoms with Gasteiger partial charge in [0.2, 0.25) is 0 Å². The Morgan fingerprint density at radius 1 is 0.682 bits per heavy atom. The van der Waals surface area contributed by atoms with Crippen molar-refractivity contribution in [3.8, 4) is 0 Å². The Labute approximate surface area is 140 Å². The van der Waals surface area contributed by atoms with Crippen LogP contribution in [0.15, 0.2) is 12.8 Å². The van der Waals surface area contributed by atoms with Gasteiger partial charge < -0.3 is 4.74 Å². The Morgan fingerprint density at radius 2 is 1.05 bits per heavy atom. The summed E-state index contributed by atoms with van der Waals surface area (Å²) < 4.78 is 5.32. The van der Waals surface area contributed by atoms with Gasteiger partial charge in [-0.15, -0.1) is 0 Å². The van der Waals surface area contributed by atoms with Gasteiger partial charge in [0.15, 0.2) is 0 Å². The number of hydrogen-bond acceptors (Lipinski definition) is 1. The first-order valence-corrected chi connectivity index (χ1v) is 10.1. The van der Waals surface area contributed by atoms with E-state index < -0.39 is 0 Å². The molecule has 1 nitrogen and oxygen atoms in total. The van der Waals surface area contributed by atoms with Crippen molar-refractivity contribution in [2.24, 2.45) is 0 Å². The highest BCUT2D eigenvalue weighted by molar-refractivity contribution is 4.58. The van der Waals surface area contributed by atoms with Crippen LogP contribution in [0.4, 0.5) is 0 Å². The van der Waals surface area contributed by atoms with E-state index in [0.29, 0.717) is 6.10 Å². The van der Waals surface area contributed by atoms with E-state index in [9.17, 15) is 0 Å². The Morgan fingerprint density at radius 3 is 1.41 bits per heavy atom. The molecule has 22 heavy (non-hydrogen) atoms. The van der Waals surface area contributed by atoms with Crippen molar-refractivity contribution in [2.45, 2.75) is 123 Å². The van der Waals surface area contributed by atoms with Crippen LogP contribution in [0.25, 0.3) is 0 Å². The minimum absolute atomic E-state index is 0.347. The highest BCUT2D eigenvalue weighted by Crippen LogP contribution is 2.14. The third kappa shape index (κ3) is 17.6. The highest BCUT2D eigenvalue weighted by Gasteiger charge is 1.99. The summed E-state index contributed by atoms with van der Waals surface area (Å²) in [4.78, 5) is 0. The van der Waals surface area contributed by atoms with Crippen molar-refractivity contribution in [3.63, 3.8) is 0 Å². The fraction of sp³-hybridized carbons (Fsp3) is 0.905. The van der Waals surface area contributed by atoms with Gasteiger partial charge in [0.05, 0.1) is 12.4 Å². The second-order valence-corrected chi connectivity index (χ2v) is 6.85. The average molecular weight is 311 g/mol. The van der Waals surface area contributed by atoms with Crippen LogP contribution in [0.1, 0.15) is 117 Å². The molecule has 0 aromatic heterocycles. The fourth-order valence-corrected chi connectivity index (χ4v) is 3.04. The van der Waals surface area contributed by atoms with Crippen molar-refractivity contribution in [2.75, 3.05) is 0 Å². The Kier molecular flexibility index (Phi) is 18.2. The molecule has 0 heterocycles. The molecule has 1 heteroatoms. The molecule has 0 aliphatic carbocycles. The maximum atomic E-state index is 5.32. The molecule has 0 aliphatic heterocycles. The topological polar surface area (TPSA) is 9.23 Å². The van der Waals surface area contributed by atoms with E-state index in [-0.39, 0.29) is 0 Å². The van der Waals surface area contributed by atoms with Crippen LogP contribution < -0.4 is 0 Å². The molecular formula is C21H42O. The van der Waals surface area contributed by atoms with Gasteiger partial charge in [0.1, 0.15) is 0 Å².